The molecule has 1 saturated carbocycles. The Morgan fingerprint density at radius 2 is 1.76 bits per heavy atom. The smallest absolute Gasteiger partial charge is 0.225 e. The number of hydrogen-bond donors (Lipinski definition) is 0. The van der Waals surface area contributed by atoms with E-state index in [0.717, 1.165) is 12.8 Å². The van der Waals surface area contributed by atoms with E-state index in [9.17, 15) is 4.57 Å². The summed E-state index contributed by atoms with van der Waals surface area (Å²) < 4.78 is 17.1. The second-order valence-corrected chi connectivity index (χ2v) is 8.18. The third-order valence-electron chi connectivity index (χ3n) is 4.26. The van der Waals surface area contributed by atoms with Gasteiger partial charge < -0.3 is 0 Å². The first kappa shape index (κ1) is 12.9. The zero-order valence-electron chi connectivity index (χ0n) is 10.7. The summed E-state index contributed by atoms with van der Waals surface area (Å²) in [5.41, 5.74) is 8.54. The van der Waals surface area contributed by atoms with Gasteiger partial charge in [0.2, 0.25) is 7.44 Å². The van der Waals surface area contributed by atoms with E-state index in [1.54, 1.807) is 6.92 Å². The van der Waals surface area contributed by atoms with Gasteiger partial charge in [0, 0.05) is 17.0 Å². The fraction of sp³-hybridized carbons (Fsp3) is 1.00. The molecule has 0 amide bonds. The van der Waals surface area contributed by atoms with Gasteiger partial charge in [0.25, 0.3) is 0 Å². The van der Waals surface area contributed by atoms with E-state index in [2.05, 4.69) is 10.0 Å². The van der Waals surface area contributed by atoms with Gasteiger partial charge in [-0.25, -0.2) is 9.34 Å². The number of nitrogens with zero attached hydrogens (tertiary/aromatic N) is 5. The van der Waals surface area contributed by atoms with Crippen molar-refractivity contribution in [3.05, 3.63) is 10.4 Å². The Bertz CT molecular complexity index is 372. The minimum Gasteiger partial charge on any atom is -0.288 e. The lowest BCUT2D eigenvalue weighted by molar-refractivity contribution is 0.233. The molecule has 2 fully saturated rings. The molecule has 96 valence electrons. The summed E-state index contributed by atoms with van der Waals surface area (Å²) >= 11 is 0. The van der Waals surface area contributed by atoms with Crippen molar-refractivity contribution in [3.8, 4) is 0 Å². The van der Waals surface area contributed by atoms with E-state index < -0.39 is 13.2 Å². The third-order valence-corrected chi connectivity index (χ3v) is 7.74. The summed E-state index contributed by atoms with van der Waals surface area (Å²) in [4.78, 5) is 2.81. The summed E-state index contributed by atoms with van der Waals surface area (Å²) in [5.74, 6) is -0.479. The molecule has 0 unspecified atom stereocenters. The van der Waals surface area contributed by atoms with Crippen molar-refractivity contribution in [1.82, 2.24) is 9.34 Å². The zero-order chi connectivity index (χ0) is 12.6. The van der Waals surface area contributed by atoms with Crippen LogP contribution in [0.2, 0.25) is 0 Å². The maximum atomic E-state index is 13.1. The van der Waals surface area contributed by atoms with Gasteiger partial charge in [0.15, 0.2) is 0 Å². The topological polar surface area (TPSA) is 72.3 Å². The highest BCUT2D eigenvalue weighted by atomic mass is 31.2. The fourth-order valence-electron chi connectivity index (χ4n) is 3.28. The third kappa shape index (κ3) is 1.80. The Kier molecular flexibility index (Phi) is 3.50. The molecule has 6 nitrogen and oxygen atoms in total. The predicted molar refractivity (Wildman–Crippen MR) is 67.8 cm³/mol. The highest BCUT2D eigenvalue weighted by Crippen LogP contribution is 2.64. The molecule has 0 radical (unpaired) electrons. The fourth-order valence-corrected chi connectivity index (χ4v) is 6.35. The van der Waals surface area contributed by atoms with Gasteiger partial charge in [-0.1, -0.05) is 18.0 Å². The molecule has 1 saturated heterocycles. The van der Waals surface area contributed by atoms with Crippen LogP contribution in [0.15, 0.2) is 5.11 Å². The van der Waals surface area contributed by atoms with Crippen LogP contribution in [0, 0.1) is 0 Å². The molecule has 0 aromatic rings. The molecule has 7 heteroatoms. The predicted octanol–water partition coefficient (Wildman–Crippen LogP) is 3.02. The SMILES string of the molecule is C[C@H](N=[N+]=[N-])P1(=O)N(C)[C@@H]2CCCC[C@H]2N1C. The maximum absolute atomic E-state index is 13.1. The lowest BCUT2D eigenvalue weighted by Crippen LogP contribution is -2.37. The first-order chi connectivity index (χ1) is 8.03. The number of azide groups is 1. The lowest BCUT2D eigenvalue weighted by atomic mass is 9.91. The summed E-state index contributed by atoms with van der Waals surface area (Å²) in [6, 6.07) is 0.715. The maximum Gasteiger partial charge on any atom is 0.225 e. The minimum absolute atomic E-state index is 0.357. The summed E-state index contributed by atoms with van der Waals surface area (Å²) in [5, 5.41) is 3.67. The van der Waals surface area contributed by atoms with Crippen LogP contribution in [0.3, 0.4) is 0 Å². The average Bonchev–Trinajstić information content (AvgIpc) is 2.54. The van der Waals surface area contributed by atoms with Crippen LogP contribution < -0.4 is 0 Å². The molecule has 0 aromatic heterocycles. The Morgan fingerprint density at radius 3 is 2.18 bits per heavy atom. The van der Waals surface area contributed by atoms with E-state index in [0.29, 0.717) is 12.1 Å². The lowest BCUT2D eigenvalue weighted by Gasteiger charge is -2.29. The van der Waals surface area contributed by atoms with E-state index >= 15 is 0 Å². The van der Waals surface area contributed by atoms with Crippen molar-refractivity contribution in [2.45, 2.75) is 50.5 Å². The van der Waals surface area contributed by atoms with Gasteiger partial charge >= 0.3 is 0 Å². The van der Waals surface area contributed by atoms with E-state index in [1.165, 1.54) is 12.8 Å². The number of likely N-dealkylation sites (N-methyl/N-ethyl adjacent to an activating group) is 2. The molecular formula is C10H20N5OP. The first-order valence-electron chi connectivity index (χ1n) is 6.14. The van der Waals surface area contributed by atoms with Gasteiger partial charge in [-0.05, 0) is 39.4 Å². The van der Waals surface area contributed by atoms with Crippen LogP contribution in [0.25, 0.3) is 10.4 Å². The molecule has 0 aromatic carbocycles. The highest BCUT2D eigenvalue weighted by molar-refractivity contribution is 7.60. The number of rotatable bonds is 2. The second-order valence-electron chi connectivity index (χ2n) is 4.99. The molecule has 2 aliphatic rings. The quantitative estimate of drug-likeness (QED) is 0.330. The number of fused-ring (bicyclic) bond motifs is 1. The van der Waals surface area contributed by atoms with Crippen molar-refractivity contribution in [3.63, 3.8) is 0 Å². The monoisotopic (exact) mass is 257 g/mol. The van der Waals surface area contributed by atoms with E-state index in [1.807, 2.05) is 23.4 Å². The van der Waals surface area contributed by atoms with Gasteiger partial charge in [-0.2, -0.15) is 0 Å². The molecule has 1 heterocycles. The van der Waals surface area contributed by atoms with E-state index in [-0.39, 0.29) is 0 Å². The molecule has 1 aliphatic heterocycles. The second kappa shape index (κ2) is 4.62. The molecule has 0 bridgehead atoms. The molecule has 1 aliphatic carbocycles. The Balaban J connectivity index is 2.34. The number of hydrogen-bond acceptors (Lipinski definition) is 2. The van der Waals surface area contributed by atoms with E-state index in [4.69, 9.17) is 5.53 Å². The Hall–Kier alpha value is -0.540. The molecule has 17 heavy (non-hydrogen) atoms. The normalized spacial score (nSPS) is 35.0. The molecule has 3 atom stereocenters. The van der Waals surface area contributed by atoms with Crippen LogP contribution in [-0.4, -0.2) is 41.3 Å². The molecular weight excluding hydrogens is 237 g/mol. The van der Waals surface area contributed by atoms with Crippen molar-refractivity contribution in [1.29, 1.82) is 0 Å². The average molecular weight is 257 g/mol. The van der Waals surface area contributed by atoms with Crippen molar-refractivity contribution >= 4 is 7.44 Å². The van der Waals surface area contributed by atoms with Crippen molar-refractivity contribution in [2.75, 3.05) is 14.1 Å². The largest absolute Gasteiger partial charge is 0.288 e. The summed E-state index contributed by atoms with van der Waals surface area (Å²) in [6.45, 7) is 1.75. The van der Waals surface area contributed by atoms with Crippen LogP contribution >= 0.6 is 7.44 Å². The van der Waals surface area contributed by atoms with Crippen LogP contribution in [0.1, 0.15) is 32.6 Å². The van der Waals surface area contributed by atoms with Crippen LogP contribution in [-0.2, 0) is 4.57 Å². The summed E-state index contributed by atoms with van der Waals surface area (Å²) in [6.07, 6.45) is 4.60. The zero-order valence-corrected chi connectivity index (χ0v) is 11.5. The van der Waals surface area contributed by atoms with Gasteiger partial charge in [0.1, 0.15) is 5.78 Å². The Morgan fingerprint density at radius 1 is 1.29 bits per heavy atom. The van der Waals surface area contributed by atoms with Crippen LogP contribution in [0.4, 0.5) is 0 Å². The van der Waals surface area contributed by atoms with Crippen molar-refractivity contribution < 1.29 is 4.57 Å². The first-order valence-corrected chi connectivity index (χ1v) is 7.82. The van der Waals surface area contributed by atoms with Crippen LogP contribution in [0.5, 0.6) is 0 Å². The van der Waals surface area contributed by atoms with Crippen molar-refractivity contribution in [2.24, 2.45) is 5.11 Å². The Labute approximate surface area is 102 Å². The molecule has 2 rings (SSSR count). The summed E-state index contributed by atoms with van der Waals surface area (Å²) in [7, 11) is 1.11. The van der Waals surface area contributed by atoms with Gasteiger partial charge in [-0.3, -0.25) is 4.57 Å². The minimum atomic E-state index is -2.72. The van der Waals surface area contributed by atoms with Gasteiger partial charge in [0.05, 0.1) is 0 Å². The van der Waals surface area contributed by atoms with Gasteiger partial charge in [-0.15, -0.1) is 0 Å². The standard InChI is InChI=1S/C10H20N5OP/c1-8(12-13-11)17(16)14(2)9-6-4-5-7-10(9)15(17)3/h8-10H,4-7H2,1-3H3/t8-,9-,10-/m1/s1. The molecule has 0 spiro atoms. The molecule has 0 N–H and O–H groups in total. The highest BCUT2D eigenvalue weighted by Gasteiger charge is 2.53.